The van der Waals surface area contributed by atoms with Crippen LogP contribution >= 0.6 is 0 Å². The van der Waals surface area contributed by atoms with Crippen molar-refractivity contribution in [3.8, 4) is 11.6 Å². The number of anilines is 3. The number of carbonyl (C=O) groups is 2. The molecular weight excluding hydrogens is 642 g/mol. The van der Waals surface area contributed by atoms with E-state index in [2.05, 4.69) is 30.6 Å². The molecule has 5 rings (SSSR count). The first kappa shape index (κ1) is 34.3. The molecule has 4 N–H and O–H groups in total. The molecule has 4 aromatic rings. The molecule has 3 amide bonds. The number of urea groups is 1. The summed E-state index contributed by atoms with van der Waals surface area (Å²) in [6.45, 7) is 4.18. The normalized spacial score (nSPS) is 16.5. The van der Waals surface area contributed by atoms with Crippen molar-refractivity contribution in [1.29, 1.82) is 0 Å². The summed E-state index contributed by atoms with van der Waals surface area (Å²) >= 11 is 0. The van der Waals surface area contributed by atoms with Crippen LogP contribution in [0.3, 0.4) is 0 Å². The van der Waals surface area contributed by atoms with E-state index >= 15 is 0 Å². The van der Waals surface area contributed by atoms with Gasteiger partial charge in [0.15, 0.2) is 0 Å². The van der Waals surface area contributed by atoms with Crippen LogP contribution in [0.4, 0.5) is 30.6 Å². The maximum Gasteiger partial charge on any atom is 0.319 e. The maximum absolute atomic E-state index is 14.3. The van der Waals surface area contributed by atoms with Crippen LogP contribution in [0.2, 0.25) is 0 Å². The highest BCUT2D eigenvalue weighted by atomic mass is 32.2. The summed E-state index contributed by atoms with van der Waals surface area (Å²) in [4.78, 5) is 30.9. The van der Waals surface area contributed by atoms with Crippen LogP contribution in [0, 0.1) is 18.6 Å². The third-order valence-corrected chi connectivity index (χ3v) is 8.30. The maximum atomic E-state index is 14.3. The van der Waals surface area contributed by atoms with Crippen LogP contribution in [-0.2, 0) is 21.4 Å². The number of likely N-dealkylation sites (tertiary alicyclic amines) is 1. The van der Waals surface area contributed by atoms with Crippen molar-refractivity contribution in [2.45, 2.75) is 45.3 Å². The van der Waals surface area contributed by atoms with Gasteiger partial charge in [0, 0.05) is 55.7 Å². The molecule has 2 unspecified atom stereocenters. The zero-order valence-electron chi connectivity index (χ0n) is 26.6. The second kappa shape index (κ2) is 14.8. The van der Waals surface area contributed by atoms with Crippen LogP contribution in [0.5, 0.6) is 11.6 Å². The number of nitrogens with zero attached hydrogens (tertiary/aromatic N) is 2. The molecule has 252 valence electrons. The molecular formula is C34H36F2N6O5S. The number of rotatable bonds is 10. The predicted octanol–water partition coefficient (Wildman–Crippen LogP) is 6.32. The second-order valence-electron chi connectivity index (χ2n) is 11.7. The van der Waals surface area contributed by atoms with E-state index in [1.807, 2.05) is 12.1 Å². The van der Waals surface area contributed by atoms with Gasteiger partial charge in [0.2, 0.25) is 21.8 Å². The summed E-state index contributed by atoms with van der Waals surface area (Å²) in [5.74, 6) is -0.511. The van der Waals surface area contributed by atoms with Gasteiger partial charge in [-0.3, -0.25) is 14.4 Å². The Bertz CT molecular complexity index is 1910. The van der Waals surface area contributed by atoms with E-state index < -0.39 is 27.8 Å². The molecule has 0 aliphatic carbocycles. The van der Waals surface area contributed by atoms with E-state index in [1.54, 1.807) is 43.5 Å². The minimum absolute atomic E-state index is 0.0397. The van der Waals surface area contributed by atoms with Crippen molar-refractivity contribution >= 4 is 39.0 Å². The highest BCUT2D eigenvalue weighted by Crippen LogP contribution is 2.33. The van der Waals surface area contributed by atoms with Gasteiger partial charge in [-0.1, -0.05) is 18.2 Å². The van der Waals surface area contributed by atoms with Gasteiger partial charge in [0.25, 0.3) is 0 Å². The molecule has 1 saturated heterocycles. The minimum atomic E-state index is -3.40. The lowest BCUT2D eigenvalue weighted by Gasteiger charge is -2.40. The van der Waals surface area contributed by atoms with E-state index in [4.69, 9.17) is 4.74 Å². The van der Waals surface area contributed by atoms with Crippen molar-refractivity contribution < 1.29 is 31.5 Å². The number of nitrogens with one attached hydrogen (secondary N) is 4. The predicted molar refractivity (Wildman–Crippen MR) is 179 cm³/mol. The third kappa shape index (κ3) is 9.48. The molecule has 48 heavy (non-hydrogen) atoms. The van der Waals surface area contributed by atoms with E-state index in [1.165, 1.54) is 31.2 Å². The van der Waals surface area contributed by atoms with Crippen LogP contribution in [0.25, 0.3) is 0 Å². The smallest absolute Gasteiger partial charge is 0.319 e. The number of amides is 3. The second-order valence-corrected chi connectivity index (χ2v) is 13.4. The number of piperidine rings is 1. The molecule has 14 heteroatoms. The molecule has 11 nitrogen and oxygen atoms in total. The number of sulfonamides is 1. The van der Waals surface area contributed by atoms with Crippen LogP contribution < -0.4 is 25.4 Å². The Hall–Kier alpha value is -5.08. The van der Waals surface area contributed by atoms with Gasteiger partial charge in [-0.05, 0) is 85.0 Å². The van der Waals surface area contributed by atoms with E-state index in [-0.39, 0.29) is 23.6 Å². The lowest BCUT2D eigenvalue weighted by atomic mass is 9.91. The Morgan fingerprint density at radius 2 is 1.79 bits per heavy atom. The van der Waals surface area contributed by atoms with Gasteiger partial charge in [0.05, 0.1) is 11.9 Å². The first-order chi connectivity index (χ1) is 22.8. The Morgan fingerprint density at radius 1 is 1.00 bits per heavy atom. The minimum Gasteiger partial charge on any atom is -0.439 e. The van der Waals surface area contributed by atoms with Gasteiger partial charge in [-0.25, -0.2) is 27.0 Å². The quantitative estimate of drug-likeness (QED) is 0.154. The fraction of sp³-hybridized carbons (Fsp3) is 0.265. The molecule has 1 fully saturated rings. The Labute approximate surface area is 277 Å². The Morgan fingerprint density at radius 3 is 2.48 bits per heavy atom. The van der Waals surface area contributed by atoms with Gasteiger partial charge in [-0.15, -0.1) is 0 Å². The highest BCUT2D eigenvalue weighted by molar-refractivity contribution is 7.92. The van der Waals surface area contributed by atoms with Gasteiger partial charge in [-0.2, -0.15) is 0 Å². The monoisotopic (exact) mass is 678 g/mol. The summed E-state index contributed by atoms with van der Waals surface area (Å²) in [5.41, 5.74) is 3.12. The topological polar surface area (TPSA) is 142 Å². The molecule has 1 aliphatic heterocycles. The zero-order chi connectivity index (χ0) is 34.4. The largest absolute Gasteiger partial charge is 0.439 e. The SMILES string of the molecule is CC(=O)Nc1cc(NC(=O)NC2CCN(Cc3ccc(Oc4ccc(NS(C)(=O)=O)cc4C)nc3)C(c3cccc(F)c3)C2)ccc1F. The number of hydrogen-bond acceptors (Lipinski definition) is 7. The fourth-order valence-electron chi connectivity index (χ4n) is 5.59. The van der Waals surface area contributed by atoms with Crippen molar-refractivity contribution in [3.05, 3.63) is 107 Å². The number of benzene rings is 3. The number of carbonyl (C=O) groups excluding carboxylic acids is 2. The average Bonchev–Trinajstić information content (AvgIpc) is 3.01. The number of halogens is 2. The van der Waals surface area contributed by atoms with E-state index in [0.29, 0.717) is 48.9 Å². The summed E-state index contributed by atoms with van der Waals surface area (Å²) in [6, 6.07) is 18.0. The summed E-state index contributed by atoms with van der Waals surface area (Å²) in [6.07, 6.45) is 3.93. The van der Waals surface area contributed by atoms with Crippen LogP contribution in [-0.4, -0.2) is 49.1 Å². The van der Waals surface area contributed by atoms with Crippen LogP contribution in [0.15, 0.2) is 79.0 Å². The molecule has 0 saturated carbocycles. The molecule has 2 heterocycles. The number of ether oxygens (including phenoxy) is 1. The molecule has 1 aromatic heterocycles. The van der Waals surface area contributed by atoms with Gasteiger partial charge < -0.3 is 20.7 Å². The van der Waals surface area contributed by atoms with Gasteiger partial charge >= 0.3 is 6.03 Å². The van der Waals surface area contributed by atoms with Crippen molar-refractivity contribution in [2.24, 2.45) is 0 Å². The average molecular weight is 679 g/mol. The number of pyridine rings is 1. The number of aromatic nitrogens is 1. The Balaban J connectivity index is 1.24. The van der Waals surface area contributed by atoms with Crippen molar-refractivity contribution in [3.63, 3.8) is 0 Å². The molecule has 0 radical (unpaired) electrons. The fourth-order valence-corrected chi connectivity index (χ4v) is 6.14. The number of hydrogen-bond donors (Lipinski definition) is 4. The number of aryl methyl sites for hydroxylation is 1. The molecule has 0 spiro atoms. The molecule has 2 atom stereocenters. The molecule has 1 aliphatic rings. The van der Waals surface area contributed by atoms with Gasteiger partial charge in [0.1, 0.15) is 17.4 Å². The Kier molecular flexibility index (Phi) is 10.5. The summed E-state index contributed by atoms with van der Waals surface area (Å²) in [7, 11) is -3.40. The lowest BCUT2D eigenvalue weighted by Crippen LogP contribution is -2.47. The zero-order valence-corrected chi connectivity index (χ0v) is 27.4. The highest BCUT2D eigenvalue weighted by Gasteiger charge is 2.31. The first-order valence-corrected chi connectivity index (χ1v) is 17.1. The lowest BCUT2D eigenvalue weighted by molar-refractivity contribution is -0.114. The summed E-state index contributed by atoms with van der Waals surface area (Å²) < 4.78 is 59.8. The van der Waals surface area contributed by atoms with E-state index in [9.17, 15) is 26.8 Å². The van der Waals surface area contributed by atoms with Crippen molar-refractivity contribution in [1.82, 2.24) is 15.2 Å². The first-order valence-electron chi connectivity index (χ1n) is 15.2. The standard InChI is InChI=1S/C34H36F2N6O5S/c1-21-15-28(41-48(3,45)46)9-11-32(21)47-33-12-7-23(19-37-33)20-42-14-13-27(18-31(42)24-5-4-6-25(35)16-24)40-34(44)39-26-8-10-29(36)30(17-26)38-22(2)43/h4-12,15-17,19,27,31,41H,13-14,18,20H2,1-3H3,(H,38,43)(H2,39,40,44). The third-order valence-electron chi connectivity index (χ3n) is 7.69. The van der Waals surface area contributed by atoms with Crippen LogP contribution in [0.1, 0.15) is 42.5 Å². The molecule has 0 bridgehead atoms. The van der Waals surface area contributed by atoms with E-state index in [0.717, 1.165) is 29.0 Å². The molecule has 3 aromatic carbocycles. The summed E-state index contributed by atoms with van der Waals surface area (Å²) in [5, 5.41) is 8.06. The van der Waals surface area contributed by atoms with Crippen molar-refractivity contribution in [2.75, 3.05) is 28.2 Å².